The summed E-state index contributed by atoms with van der Waals surface area (Å²) in [6, 6.07) is 5.64. The highest BCUT2D eigenvalue weighted by Crippen LogP contribution is 2.28. The summed E-state index contributed by atoms with van der Waals surface area (Å²) in [5.41, 5.74) is 6.83. The van der Waals surface area contributed by atoms with Crippen molar-refractivity contribution in [3.05, 3.63) is 40.0 Å². The predicted octanol–water partition coefficient (Wildman–Crippen LogP) is 2.74. The summed E-state index contributed by atoms with van der Waals surface area (Å²) in [7, 11) is 0. The van der Waals surface area contributed by atoms with Gasteiger partial charge in [-0.2, -0.15) is 4.98 Å². The number of nitrogens with two attached hydrogens (primary N) is 1. The summed E-state index contributed by atoms with van der Waals surface area (Å²) in [5.74, 6) is 1.76. The lowest BCUT2D eigenvalue weighted by Crippen LogP contribution is -2.08. The van der Waals surface area contributed by atoms with Gasteiger partial charge in [0, 0.05) is 16.1 Å². The number of aromatic nitrogens is 2. The highest BCUT2D eigenvalue weighted by Gasteiger charge is 2.10. The van der Waals surface area contributed by atoms with Crippen molar-refractivity contribution in [2.24, 2.45) is 5.73 Å². The molecular weight excluding hydrogens is 298 g/mol. The topological polar surface area (TPSA) is 74.2 Å². The molecule has 0 aliphatic rings. The van der Waals surface area contributed by atoms with Crippen molar-refractivity contribution in [2.45, 2.75) is 26.5 Å². The lowest BCUT2D eigenvalue weighted by Gasteiger charge is -2.13. The first-order valence-corrected chi connectivity index (χ1v) is 6.32. The molecule has 0 saturated carbocycles. The van der Waals surface area contributed by atoms with Gasteiger partial charge in [0.05, 0.1) is 0 Å². The molecule has 1 unspecified atom stereocenters. The first kappa shape index (κ1) is 13.0. The minimum absolute atomic E-state index is 0.0995. The molecule has 5 nitrogen and oxygen atoms in total. The Kier molecular flexibility index (Phi) is 3.98. The normalized spacial score (nSPS) is 12.4. The highest BCUT2D eigenvalue weighted by molar-refractivity contribution is 9.10. The predicted molar refractivity (Wildman–Crippen MR) is 70.1 cm³/mol. The number of hydrogen-bond donors (Lipinski definition) is 1. The zero-order valence-corrected chi connectivity index (χ0v) is 11.8. The fourth-order valence-corrected chi connectivity index (χ4v) is 1.89. The fourth-order valence-electron chi connectivity index (χ4n) is 1.55. The first-order chi connectivity index (χ1) is 8.56. The zero-order valence-electron chi connectivity index (χ0n) is 10.2. The molecule has 0 spiro atoms. The maximum atomic E-state index is 5.89. The third kappa shape index (κ3) is 3.08. The van der Waals surface area contributed by atoms with Crippen molar-refractivity contribution < 1.29 is 9.26 Å². The lowest BCUT2D eigenvalue weighted by atomic mass is 10.1. The molecule has 0 aliphatic carbocycles. The molecule has 0 amide bonds. The van der Waals surface area contributed by atoms with Crippen LogP contribution in [-0.4, -0.2) is 10.1 Å². The Morgan fingerprint density at radius 1 is 1.50 bits per heavy atom. The standard InChI is InChI=1S/C12H14BrN3O2/c1-7(14)10-4-3-9(13)5-11(10)17-6-12-15-8(2)16-18-12/h3-5,7H,6,14H2,1-2H3. The Labute approximate surface area is 113 Å². The molecule has 0 aliphatic heterocycles. The van der Waals surface area contributed by atoms with Crippen molar-refractivity contribution in [3.8, 4) is 5.75 Å². The van der Waals surface area contributed by atoms with E-state index in [0.717, 1.165) is 15.8 Å². The van der Waals surface area contributed by atoms with Crippen molar-refractivity contribution in [3.63, 3.8) is 0 Å². The van der Waals surface area contributed by atoms with Crippen molar-refractivity contribution >= 4 is 15.9 Å². The summed E-state index contributed by atoms with van der Waals surface area (Å²) < 4.78 is 11.6. The fraction of sp³-hybridized carbons (Fsp3) is 0.333. The maximum absolute atomic E-state index is 5.89. The van der Waals surface area contributed by atoms with Crippen LogP contribution in [0.25, 0.3) is 0 Å². The Morgan fingerprint density at radius 3 is 2.89 bits per heavy atom. The maximum Gasteiger partial charge on any atom is 0.264 e. The average Bonchev–Trinajstić information content (AvgIpc) is 2.72. The SMILES string of the molecule is Cc1noc(COc2cc(Br)ccc2C(C)N)n1. The van der Waals surface area contributed by atoms with Gasteiger partial charge < -0.3 is 15.0 Å². The molecule has 96 valence electrons. The van der Waals surface area contributed by atoms with E-state index in [4.69, 9.17) is 15.0 Å². The summed E-state index contributed by atoms with van der Waals surface area (Å²) in [6.07, 6.45) is 0. The third-order valence-corrected chi connectivity index (χ3v) is 2.88. The van der Waals surface area contributed by atoms with Gasteiger partial charge in [0.1, 0.15) is 5.75 Å². The molecule has 1 aromatic carbocycles. The molecule has 18 heavy (non-hydrogen) atoms. The largest absolute Gasteiger partial charge is 0.483 e. The smallest absolute Gasteiger partial charge is 0.264 e. The molecule has 2 aromatic rings. The number of halogens is 1. The molecule has 0 radical (unpaired) electrons. The van der Waals surface area contributed by atoms with Crippen LogP contribution in [0.5, 0.6) is 5.75 Å². The molecule has 0 saturated heterocycles. The number of aryl methyl sites for hydroxylation is 1. The van der Waals surface area contributed by atoms with Crippen LogP contribution < -0.4 is 10.5 Å². The van der Waals surface area contributed by atoms with Gasteiger partial charge in [-0.1, -0.05) is 27.2 Å². The van der Waals surface area contributed by atoms with Gasteiger partial charge in [-0.05, 0) is 26.0 Å². The highest BCUT2D eigenvalue weighted by atomic mass is 79.9. The van der Waals surface area contributed by atoms with Crippen LogP contribution in [0.1, 0.15) is 30.2 Å². The molecule has 1 atom stereocenters. The number of ether oxygens (including phenoxy) is 1. The van der Waals surface area contributed by atoms with E-state index >= 15 is 0 Å². The Hall–Kier alpha value is -1.40. The van der Waals surface area contributed by atoms with Crippen molar-refractivity contribution in [1.29, 1.82) is 0 Å². The molecule has 1 aromatic heterocycles. The van der Waals surface area contributed by atoms with E-state index < -0.39 is 0 Å². The van der Waals surface area contributed by atoms with Crippen LogP contribution >= 0.6 is 15.9 Å². The third-order valence-electron chi connectivity index (χ3n) is 2.39. The van der Waals surface area contributed by atoms with Crippen LogP contribution in [0, 0.1) is 6.92 Å². The van der Waals surface area contributed by atoms with E-state index in [2.05, 4.69) is 26.1 Å². The monoisotopic (exact) mass is 311 g/mol. The van der Waals surface area contributed by atoms with E-state index in [0.29, 0.717) is 11.7 Å². The molecule has 2 N–H and O–H groups in total. The van der Waals surface area contributed by atoms with Crippen LogP contribution in [0.4, 0.5) is 0 Å². The van der Waals surface area contributed by atoms with Gasteiger partial charge in [-0.3, -0.25) is 0 Å². The Bertz CT molecular complexity index is 540. The van der Waals surface area contributed by atoms with Crippen LogP contribution in [0.15, 0.2) is 27.2 Å². The van der Waals surface area contributed by atoms with Crippen molar-refractivity contribution in [2.75, 3.05) is 0 Å². The van der Waals surface area contributed by atoms with Gasteiger partial charge in [0.2, 0.25) is 0 Å². The molecule has 1 heterocycles. The molecule has 0 fully saturated rings. The second-order valence-electron chi connectivity index (χ2n) is 3.99. The summed E-state index contributed by atoms with van der Waals surface area (Å²) in [6.45, 7) is 3.91. The van der Waals surface area contributed by atoms with E-state index in [1.54, 1.807) is 6.92 Å². The number of rotatable bonds is 4. The Morgan fingerprint density at radius 2 is 2.28 bits per heavy atom. The number of hydrogen-bond acceptors (Lipinski definition) is 5. The van der Waals surface area contributed by atoms with E-state index in [-0.39, 0.29) is 12.6 Å². The van der Waals surface area contributed by atoms with Gasteiger partial charge in [0.25, 0.3) is 5.89 Å². The minimum atomic E-state index is -0.0995. The van der Waals surface area contributed by atoms with Crippen LogP contribution in [0.2, 0.25) is 0 Å². The quantitative estimate of drug-likeness (QED) is 0.939. The summed E-state index contributed by atoms with van der Waals surface area (Å²) in [5, 5.41) is 3.70. The number of benzene rings is 1. The summed E-state index contributed by atoms with van der Waals surface area (Å²) >= 11 is 3.40. The minimum Gasteiger partial charge on any atom is -0.483 e. The van der Waals surface area contributed by atoms with E-state index in [1.165, 1.54) is 0 Å². The molecular formula is C12H14BrN3O2. The van der Waals surface area contributed by atoms with E-state index in [1.807, 2.05) is 25.1 Å². The average molecular weight is 312 g/mol. The second-order valence-corrected chi connectivity index (χ2v) is 4.91. The lowest BCUT2D eigenvalue weighted by molar-refractivity contribution is 0.240. The van der Waals surface area contributed by atoms with Crippen LogP contribution in [0.3, 0.4) is 0 Å². The van der Waals surface area contributed by atoms with Gasteiger partial charge >= 0.3 is 0 Å². The second kappa shape index (κ2) is 5.49. The molecule has 0 bridgehead atoms. The van der Waals surface area contributed by atoms with Crippen LogP contribution in [-0.2, 0) is 6.61 Å². The summed E-state index contributed by atoms with van der Waals surface area (Å²) in [4.78, 5) is 4.08. The Balaban J connectivity index is 2.15. The number of nitrogens with zero attached hydrogens (tertiary/aromatic N) is 2. The molecule has 6 heteroatoms. The first-order valence-electron chi connectivity index (χ1n) is 5.53. The van der Waals surface area contributed by atoms with Crippen molar-refractivity contribution in [1.82, 2.24) is 10.1 Å². The zero-order chi connectivity index (χ0) is 13.1. The van der Waals surface area contributed by atoms with Gasteiger partial charge in [0.15, 0.2) is 12.4 Å². The molecule has 2 rings (SSSR count). The van der Waals surface area contributed by atoms with Gasteiger partial charge in [-0.25, -0.2) is 0 Å². The van der Waals surface area contributed by atoms with Gasteiger partial charge in [-0.15, -0.1) is 0 Å². The van der Waals surface area contributed by atoms with E-state index in [9.17, 15) is 0 Å².